The molecule has 2 aliphatic rings. The van der Waals surface area contributed by atoms with Crippen LogP contribution in [0, 0.1) is 0 Å². The Hall–Kier alpha value is -2.18. The van der Waals surface area contributed by atoms with E-state index in [4.69, 9.17) is 0 Å². The van der Waals surface area contributed by atoms with E-state index in [9.17, 15) is 4.79 Å². The summed E-state index contributed by atoms with van der Waals surface area (Å²) in [7, 11) is 4.16. The minimum Gasteiger partial charge on any atom is -0.346 e. The van der Waals surface area contributed by atoms with Crippen LogP contribution in [0.3, 0.4) is 0 Å². The first kappa shape index (κ1) is 18.2. The fourth-order valence-corrected chi connectivity index (χ4v) is 4.45. The number of likely N-dealkylation sites (tertiary alicyclic amines) is 1. The Morgan fingerprint density at radius 2 is 2.00 bits per heavy atom. The van der Waals surface area contributed by atoms with Gasteiger partial charge in [-0.15, -0.1) is 0 Å². The molecule has 0 aliphatic carbocycles. The molecular formula is C21H29N5O. The smallest absolute Gasteiger partial charge is 0.222 e. The standard InChI is InChI=1S/C21H29N5O/c1-23-12-9-21(8-7-20(23)27)17-25(14-13-24(21)2)16-18-5-3-6-19(15-18)26-11-4-10-22-26/h3-6,10-11,15H,7-9,12-14,16-17H2,1-2H3. The second-order valence-corrected chi connectivity index (χ2v) is 8.04. The highest BCUT2D eigenvalue weighted by Gasteiger charge is 2.41. The highest BCUT2D eigenvalue weighted by molar-refractivity contribution is 5.76. The molecule has 6 nitrogen and oxygen atoms in total. The van der Waals surface area contributed by atoms with E-state index in [1.165, 1.54) is 5.56 Å². The number of piperazine rings is 1. The zero-order chi connectivity index (χ0) is 18.9. The maximum atomic E-state index is 12.2. The van der Waals surface area contributed by atoms with Gasteiger partial charge in [-0.05, 0) is 43.7 Å². The summed E-state index contributed by atoms with van der Waals surface area (Å²) < 4.78 is 1.90. The summed E-state index contributed by atoms with van der Waals surface area (Å²) in [4.78, 5) is 19.1. The van der Waals surface area contributed by atoms with Gasteiger partial charge in [0.05, 0.1) is 5.69 Å². The number of hydrogen-bond donors (Lipinski definition) is 0. The lowest BCUT2D eigenvalue weighted by atomic mass is 9.86. The fourth-order valence-electron chi connectivity index (χ4n) is 4.45. The van der Waals surface area contributed by atoms with Crippen LogP contribution in [0.1, 0.15) is 24.8 Å². The van der Waals surface area contributed by atoms with Gasteiger partial charge in [0.2, 0.25) is 5.91 Å². The van der Waals surface area contributed by atoms with Crippen LogP contribution in [0.5, 0.6) is 0 Å². The van der Waals surface area contributed by atoms with Crippen molar-refractivity contribution >= 4 is 5.91 Å². The number of aromatic nitrogens is 2. The first-order valence-electron chi connectivity index (χ1n) is 9.82. The molecule has 1 atom stereocenters. The van der Waals surface area contributed by atoms with E-state index in [2.05, 4.69) is 46.2 Å². The Bertz CT molecular complexity index is 790. The Balaban J connectivity index is 1.49. The molecule has 27 heavy (non-hydrogen) atoms. The average molecular weight is 367 g/mol. The molecule has 0 radical (unpaired) electrons. The highest BCUT2D eigenvalue weighted by atomic mass is 16.2. The maximum Gasteiger partial charge on any atom is 0.222 e. The van der Waals surface area contributed by atoms with E-state index in [0.29, 0.717) is 6.42 Å². The predicted octanol–water partition coefficient (Wildman–Crippen LogP) is 2.00. The molecule has 2 aliphatic heterocycles. The average Bonchev–Trinajstić information content (AvgIpc) is 3.17. The molecule has 2 fully saturated rings. The summed E-state index contributed by atoms with van der Waals surface area (Å²) in [6, 6.07) is 10.6. The molecule has 1 aromatic heterocycles. The van der Waals surface area contributed by atoms with Crippen LogP contribution in [0.2, 0.25) is 0 Å². The second-order valence-electron chi connectivity index (χ2n) is 8.04. The fraction of sp³-hybridized carbons (Fsp3) is 0.524. The van der Waals surface area contributed by atoms with Gasteiger partial charge in [0.25, 0.3) is 0 Å². The lowest BCUT2D eigenvalue weighted by Crippen LogP contribution is -2.60. The summed E-state index contributed by atoms with van der Waals surface area (Å²) in [5, 5.41) is 4.34. The van der Waals surface area contributed by atoms with Crippen LogP contribution in [-0.2, 0) is 11.3 Å². The monoisotopic (exact) mass is 367 g/mol. The van der Waals surface area contributed by atoms with Crippen LogP contribution in [0.25, 0.3) is 5.69 Å². The number of rotatable bonds is 3. The molecule has 0 saturated carbocycles. The third-order valence-corrected chi connectivity index (χ3v) is 6.31. The Morgan fingerprint density at radius 1 is 1.11 bits per heavy atom. The van der Waals surface area contributed by atoms with Crippen molar-refractivity contribution in [2.75, 3.05) is 40.3 Å². The van der Waals surface area contributed by atoms with Crippen molar-refractivity contribution in [3.63, 3.8) is 0 Å². The zero-order valence-corrected chi connectivity index (χ0v) is 16.3. The molecule has 4 rings (SSSR count). The van der Waals surface area contributed by atoms with Crippen molar-refractivity contribution < 1.29 is 4.79 Å². The van der Waals surface area contributed by atoms with E-state index >= 15 is 0 Å². The quantitative estimate of drug-likeness (QED) is 0.832. The lowest BCUT2D eigenvalue weighted by molar-refractivity contribution is -0.129. The van der Waals surface area contributed by atoms with Crippen LogP contribution in [-0.4, -0.2) is 76.2 Å². The largest absolute Gasteiger partial charge is 0.346 e. The summed E-state index contributed by atoms with van der Waals surface area (Å²) >= 11 is 0. The van der Waals surface area contributed by atoms with Crippen molar-refractivity contribution in [1.29, 1.82) is 0 Å². The summed E-state index contributed by atoms with van der Waals surface area (Å²) in [6.07, 6.45) is 6.44. The van der Waals surface area contributed by atoms with Crippen molar-refractivity contribution in [3.05, 3.63) is 48.3 Å². The van der Waals surface area contributed by atoms with Gasteiger partial charge in [-0.3, -0.25) is 14.6 Å². The van der Waals surface area contributed by atoms with Gasteiger partial charge in [-0.2, -0.15) is 5.10 Å². The van der Waals surface area contributed by atoms with E-state index in [0.717, 1.165) is 51.3 Å². The number of carbonyl (C=O) groups is 1. The molecular weight excluding hydrogens is 338 g/mol. The van der Waals surface area contributed by atoms with Gasteiger partial charge in [-0.1, -0.05) is 12.1 Å². The number of carbonyl (C=O) groups excluding carboxylic acids is 1. The van der Waals surface area contributed by atoms with E-state index in [1.54, 1.807) is 6.20 Å². The van der Waals surface area contributed by atoms with Crippen molar-refractivity contribution in [2.45, 2.75) is 31.3 Å². The van der Waals surface area contributed by atoms with Crippen LogP contribution < -0.4 is 0 Å². The van der Waals surface area contributed by atoms with Gasteiger partial charge in [0, 0.05) is 64.1 Å². The maximum absolute atomic E-state index is 12.2. The first-order valence-corrected chi connectivity index (χ1v) is 9.82. The van der Waals surface area contributed by atoms with Crippen LogP contribution >= 0.6 is 0 Å². The minimum atomic E-state index is 0.109. The summed E-state index contributed by atoms with van der Waals surface area (Å²) in [5.41, 5.74) is 2.52. The second kappa shape index (κ2) is 7.44. The van der Waals surface area contributed by atoms with Gasteiger partial charge in [-0.25, -0.2) is 4.68 Å². The molecule has 144 valence electrons. The number of nitrogens with zero attached hydrogens (tertiary/aromatic N) is 5. The van der Waals surface area contributed by atoms with Crippen molar-refractivity contribution in [2.24, 2.45) is 0 Å². The van der Waals surface area contributed by atoms with Crippen LogP contribution in [0.4, 0.5) is 0 Å². The predicted molar refractivity (Wildman–Crippen MR) is 106 cm³/mol. The first-order chi connectivity index (χ1) is 13.1. The number of likely N-dealkylation sites (N-methyl/N-ethyl adjacent to an activating group) is 1. The Kier molecular flexibility index (Phi) is 5.02. The molecule has 1 aromatic carbocycles. The molecule has 3 heterocycles. The van der Waals surface area contributed by atoms with E-state index in [-0.39, 0.29) is 11.4 Å². The van der Waals surface area contributed by atoms with E-state index < -0.39 is 0 Å². The number of amides is 1. The summed E-state index contributed by atoms with van der Waals surface area (Å²) in [5.74, 6) is 0.282. The topological polar surface area (TPSA) is 44.6 Å². The van der Waals surface area contributed by atoms with Gasteiger partial charge < -0.3 is 4.90 Å². The number of benzene rings is 1. The normalized spacial score (nSPS) is 25.1. The highest BCUT2D eigenvalue weighted by Crippen LogP contribution is 2.32. The molecule has 2 saturated heterocycles. The number of hydrogen-bond acceptors (Lipinski definition) is 4. The molecule has 0 bridgehead atoms. The third-order valence-electron chi connectivity index (χ3n) is 6.31. The third kappa shape index (κ3) is 3.77. The SMILES string of the molecule is CN1CCC2(CCC1=O)CN(Cc1cccc(-n3cccn3)c1)CCN2C. The lowest BCUT2D eigenvalue weighted by Gasteiger charge is -2.49. The molecule has 2 aromatic rings. The van der Waals surface area contributed by atoms with Crippen molar-refractivity contribution in [1.82, 2.24) is 24.5 Å². The Labute approximate surface area is 161 Å². The van der Waals surface area contributed by atoms with Gasteiger partial charge >= 0.3 is 0 Å². The van der Waals surface area contributed by atoms with Gasteiger partial charge in [0.15, 0.2) is 0 Å². The Morgan fingerprint density at radius 3 is 2.81 bits per heavy atom. The molecule has 6 heteroatoms. The zero-order valence-electron chi connectivity index (χ0n) is 16.3. The molecule has 1 spiro atoms. The van der Waals surface area contributed by atoms with Gasteiger partial charge in [0.1, 0.15) is 0 Å². The molecule has 1 amide bonds. The summed E-state index contributed by atoms with van der Waals surface area (Å²) in [6.45, 7) is 4.93. The molecule has 0 N–H and O–H groups in total. The minimum absolute atomic E-state index is 0.109. The van der Waals surface area contributed by atoms with Crippen LogP contribution in [0.15, 0.2) is 42.7 Å². The molecule has 1 unspecified atom stereocenters. The van der Waals surface area contributed by atoms with E-state index in [1.807, 2.05) is 28.9 Å². The van der Waals surface area contributed by atoms with Crippen molar-refractivity contribution in [3.8, 4) is 5.69 Å².